The number of carbonyl (C=O) groups is 2. The van der Waals surface area contributed by atoms with Crippen molar-refractivity contribution in [2.75, 3.05) is 11.4 Å². The summed E-state index contributed by atoms with van der Waals surface area (Å²) in [4.78, 5) is 34.6. The second-order valence-corrected chi connectivity index (χ2v) is 11.7. The fourth-order valence-electron chi connectivity index (χ4n) is 5.54. The second kappa shape index (κ2) is 11.9. The standard InChI is InChI=1S/C30H36F3N5O2/c1-29(2,3)21-11-13-24(14-12-21)38(28(40)25-10-7-15-37(25)19-34)26(27(39)36-23-8-5-4-6-9-23)20-16-22(18-35-17-20)30(31,32)33/h11-14,16-18,23,25-26H,4-10,15H2,1-3H3,(H,36,39). The Morgan fingerprint density at radius 3 is 2.30 bits per heavy atom. The van der Waals surface area contributed by atoms with Crippen molar-refractivity contribution in [2.45, 2.75) is 95.4 Å². The van der Waals surface area contributed by atoms with Gasteiger partial charge in [-0.1, -0.05) is 52.2 Å². The van der Waals surface area contributed by atoms with Crippen molar-refractivity contribution < 1.29 is 22.8 Å². The molecule has 1 aliphatic carbocycles. The Hall–Kier alpha value is -3.61. The Bertz CT molecular complexity index is 1240. The SMILES string of the molecule is CC(C)(C)c1ccc(N(C(=O)C2CCCN2C#N)C(C(=O)NC2CCCCC2)c2cncc(C(F)(F)F)c2)cc1. The summed E-state index contributed by atoms with van der Waals surface area (Å²) < 4.78 is 41.2. The first-order valence-corrected chi connectivity index (χ1v) is 13.8. The van der Waals surface area contributed by atoms with E-state index in [0.29, 0.717) is 31.3 Å². The van der Waals surface area contributed by atoms with Crippen molar-refractivity contribution in [2.24, 2.45) is 0 Å². The molecule has 1 saturated heterocycles. The van der Waals surface area contributed by atoms with Crippen LogP contribution in [-0.4, -0.2) is 40.3 Å². The number of halogens is 3. The average Bonchev–Trinajstić information content (AvgIpc) is 3.40. The molecule has 1 aromatic carbocycles. The van der Waals surface area contributed by atoms with Crippen LogP contribution in [-0.2, 0) is 21.2 Å². The summed E-state index contributed by atoms with van der Waals surface area (Å²) in [5.41, 5.74) is 0.128. The monoisotopic (exact) mass is 555 g/mol. The molecule has 1 aromatic heterocycles. The normalized spacial score (nSPS) is 19.1. The minimum Gasteiger partial charge on any atom is -0.351 e. The zero-order valence-electron chi connectivity index (χ0n) is 23.2. The molecule has 2 fully saturated rings. The molecular weight excluding hydrogens is 519 g/mol. The van der Waals surface area contributed by atoms with E-state index in [4.69, 9.17) is 0 Å². The number of pyridine rings is 1. The zero-order valence-corrected chi connectivity index (χ0v) is 23.2. The van der Waals surface area contributed by atoms with Crippen molar-refractivity contribution in [1.29, 1.82) is 5.26 Å². The van der Waals surface area contributed by atoms with Crippen LogP contribution in [0.4, 0.5) is 18.9 Å². The van der Waals surface area contributed by atoms with Crippen LogP contribution in [0.3, 0.4) is 0 Å². The van der Waals surface area contributed by atoms with Gasteiger partial charge in [0.25, 0.3) is 5.91 Å². The smallest absolute Gasteiger partial charge is 0.351 e. The van der Waals surface area contributed by atoms with Crippen LogP contribution in [0.5, 0.6) is 0 Å². The summed E-state index contributed by atoms with van der Waals surface area (Å²) in [7, 11) is 0. The number of alkyl halides is 3. The van der Waals surface area contributed by atoms with E-state index in [2.05, 4.69) is 16.5 Å². The molecule has 0 radical (unpaired) electrons. The van der Waals surface area contributed by atoms with Gasteiger partial charge in [0.1, 0.15) is 12.1 Å². The number of nitrogens with one attached hydrogen (secondary N) is 1. The van der Waals surface area contributed by atoms with Crippen molar-refractivity contribution in [3.8, 4) is 6.19 Å². The van der Waals surface area contributed by atoms with Crippen molar-refractivity contribution >= 4 is 17.5 Å². The fourth-order valence-corrected chi connectivity index (χ4v) is 5.54. The Kier molecular flexibility index (Phi) is 8.71. The number of amides is 2. The molecule has 2 heterocycles. The predicted octanol–water partition coefficient (Wildman–Crippen LogP) is 5.87. The van der Waals surface area contributed by atoms with Crippen LogP contribution in [0.15, 0.2) is 42.7 Å². The maximum absolute atomic E-state index is 14.2. The minimum absolute atomic E-state index is 0.0436. The first-order valence-electron chi connectivity index (χ1n) is 13.8. The first kappa shape index (κ1) is 29.4. The molecular formula is C30H36F3N5O2. The lowest BCUT2D eigenvalue weighted by atomic mass is 9.87. The molecule has 0 spiro atoms. The van der Waals surface area contributed by atoms with Gasteiger partial charge in [-0.2, -0.15) is 18.4 Å². The first-order chi connectivity index (χ1) is 18.9. The van der Waals surface area contributed by atoms with Gasteiger partial charge in [-0.25, -0.2) is 0 Å². The molecule has 2 unspecified atom stereocenters. The van der Waals surface area contributed by atoms with E-state index >= 15 is 0 Å². The molecule has 10 heteroatoms. The third kappa shape index (κ3) is 6.57. The summed E-state index contributed by atoms with van der Waals surface area (Å²) in [5.74, 6) is -1.08. The summed E-state index contributed by atoms with van der Waals surface area (Å²) in [6.45, 7) is 6.53. The molecule has 2 aliphatic rings. The van der Waals surface area contributed by atoms with Gasteiger partial charge in [0.05, 0.1) is 5.56 Å². The molecule has 2 amide bonds. The second-order valence-electron chi connectivity index (χ2n) is 11.7. The van der Waals surface area contributed by atoms with Crippen LogP contribution in [0, 0.1) is 11.5 Å². The number of nitrogens with zero attached hydrogens (tertiary/aromatic N) is 4. The molecule has 40 heavy (non-hydrogen) atoms. The molecule has 1 aliphatic heterocycles. The number of benzene rings is 1. The number of aromatic nitrogens is 1. The molecule has 4 rings (SSSR count). The molecule has 7 nitrogen and oxygen atoms in total. The quantitative estimate of drug-likeness (QED) is 0.451. The topological polar surface area (TPSA) is 89.3 Å². The lowest BCUT2D eigenvalue weighted by Crippen LogP contribution is -2.51. The van der Waals surface area contributed by atoms with Crippen LogP contribution >= 0.6 is 0 Å². The van der Waals surface area contributed by atoms with Gasteiger partial charge in [0.2, 0.25) is 5.91 Å². The van der Waals surface area contributed by atoms with Gasteiger partial charge in [-0.3, -0.25) is 24.4 Å². The maximum atomic E-state index is 14.2. The van der Waals surface area contributed by atoms with Gasteiger partial charge >= 0.3 is 6.18 Å². The zero-order chi connectivity index (χ0) is 29.1. The number of anilines is 1. The molecule has 1 N–H and O–H groups in total. The third-order valence-electron chi connectivity index (χ3n) is 7.78. The van der Waals surface area contributed by atoms with Crippen molar-refractivity contribution in [3.63, 3.8) is 0 Å². The van der Waals surface area contributed by atoms with Crippen LogP contribution in [0.1, 0.15) is 88.4 Å². The van der Waals surface area contributed by atoms with Crippen LogP contribution in [0.25, 0.3) is 0 Å². The van der Waals surface area contributed by atoms with Gasteiger partial charge in [-0.15, -0.1) is 0 Å². The summed E-state index contributed by atoms with van der Waals surface area (Å²) >= 11 is 0. The van der Waals surface area contributed by atoms with Crippen LogP contribution < -0.4 is 10.2 Å². The van der Waals surface area contributed by atoms with Crippen molar-refractivity contribution in [3.05, 3.63) is 59.4 Å². The molecule has 1 saturated carbocycles. The predicted molar refractivity (Wildman–Crippen MR) is 145 cm³/mol. The number of hydrogen-bond donors (Lipinski definition) is 1. The van der Waals surface area contributed by atoms with E-state index in [0.717, 1.165) is 43.7 Å². The molecule has 0 bridgehead atoms. The molecule has 2 atom stereocenters. The van der Waals surface area contributed by atoms with E-state index < -0.39 is 35.6 Å². The summed E-state index contributed by atoms with van der Waals surface area (Å²) in [6, 6.07) is 5.66. The summed E-state index contributed by atoms with van der Waals surface area (Å²) in [6.07, 6.45) is 4.78. The van der Waals surface area contributed by atoms with Gasteiger partial charge in [-0.05, 0) is 54.9 Å². The number of likely N-dealkylation sites (tertiary alicyclic amines) is 1. The molecule has 214 valence electrons. The lowest BCUT2D eigenvalue weighted by molar-refractivity contribution is -0.138. The maximum Gasteiger partial charge on any atom is 0.417 e. The summed E-state index contributed by atoms with van der Waals surface area (Å²) in [5, 5.41) is 12.7. The minimum atomic E-state index is -4.68. The van der Waals surface area contributed by atoms with E-state index in [1.807, 2.05) is 32.9 Å². The Labute approximate surface area is 233 Å². The van der Waals surface area contributed by atoms with E-state index in [1.54, 1.807) is 12.1 Å². The van der Waals surface area contributed by atoms with Gasteiger partial charge in [0, 0.05) is 36.2 Å². The highest BCUT2D eigenvalue weighted by Gasteiger charge is 2.42. The highest BCUT2D eigenvalue weighted by molar-refractivity contribution is 6.04. The molecule has 2 aromatic rings. The van der Waals surface area contributed by atoms with Gasteiger partial charge < -0.3 is 5.32 Å². The Morgan fingerprint density at radius 1 is 1.02 bits per heavy atom. The third-order valence-corrected chi connectivity index (χ3v) is 7.78. The van der Waals surface area contributed by atoms with Crippen LogP contribution in [0.2, 0.25) is 0 Å². The van der Waals surface area contributed by atoms with E-state index in [1.165, 1.54) is 16.0 Å². The van der Waals surface area contributed by atoms with Gasteiger partial charge in [0.15, 0.2) is 6.19 Å². The number of carbonyl (C=O) groups excluding carboxylic acids is 2. The van der Waals surface area contributed by atoms with Crippen molar-refractivity contribution in [1.82, 2.24) is 15.2 Å². The number of hydrogen-bond acceptors (Lipinski definition) is 5. The number of rotatable bonds is 6. The Balaban J connectivity index is 1.85. The Morgan fingerprint density at radius 2 is 1.70 bits per heavy atom. The fraction of sp³-hybridized carbons (Fsp3) is 0.533. The number of nitriles is 1. The van der Waals surface area contributed by atoms with E-state index in [-0.39, 0.29) is 17.0 Å². The highest BCUT2D eigenvalue weighted by Crippen LogP contribution is 2.36. The highest BCUT2D eigenvalue weighted by atomic mass is 19.4. The van der Waals surface area contributed by atoms with E-state index in [9.17, 15) is 28.0 Å². The average molecular weight is 556 g/mol. The largest absolute Gasteiger partial charge is 0.417 e. The lowest BCUT2D eigenvalue weighted by Gasteiger charge is -2.36.